The first-order chi connectivity index (χ1) is 11.6. The molecule has 0 spiro atoms. The number of H-pyrrole nitrogens is 1. The lowest BCUT2D eigenvalue weighted by Crippen LogP contribution is -2.13. The van der Waals surface area contributed by atoms with Crippen molar-refractivity contribution in [3.05, 3.63) is 71.4 Å². The molecule has 5 heteroatoms. The summed E-state index contributed by atoms with van der Waals surface area (Å²) in [4.78, 5) is 15.6. The van der Waals surface area contributed by atoms with Crippen LogP contribution in [0.5, 0.6) is 0 Å². The predicted octanol–water partition coefficient (Wildman–Crippen LogP) is 4.81. The molecule has 4 rings (SSSR count). The van der Waals surface area contributed by atoms with E-state index in [0.717, 1.165) is 21.7 Å². The third kappa shape index (κ3) is 2.57. The van der Waals surface area contributed by atoms with Gasteiger partial charge in [0.25, 0.3) is 5.91 Å². The Labute approximate surface area is 143 Å². The van der Waals surface area contributed by atoms with E-state index in [-0.39, 0.29) is 5.91 Å². The average molecular weight is 336 g/mol. The number of nitrogens with two attached hydrogens (primary N) is 1. The van der Waals surface area contributed by atoms with Crippen LogP contribution in [-0.4, -0.2) is 10.9 Å². The van der Waals surface area contributed by atoms with Crippen LogP contribution < -0.4 is 11.1 Å². The second kappa shape index (κ2) is 5.58. The van der Waals surface area contributed by atoms with Gasteiger partial charge in [0.15, 0.2) is 0 Å². The van der Waals surface area contributed by atoms with Crippen molar-refractivity contribution in [1.82, 2.24) is 4.98 Å². The lowest BCUT2D eigenvalue weighted by Gasteiger charge is -2.09. The summed E-state index contributed by atoms with van der Waals surface area (Å²) in [6.07, 6.45) is 0. The number of carbonyl (C=O) groups is 1. The number of aromatic nitrogens is 1. The molecule has 0 aliphatic carbocycles. The van der Waals surface area contributed by atoms with Crippen LogP contribution in [0.3, 0.4) is 0 Å². The molecule has 0 saturated heterocycles. The van der Waals surface area contributed by atoms with E-state index in [9.17, 15) is 4.79 Å². The summed E-state index contributed by atoms with van der Waals surface area (Å²) in [5.74, 6) is -0.246. The zero-order chi connectivity index (χ0) is 16.7. The van der Waals surface area contributed by atoms with E-state index in [1.54, 1.807) is 12.1 Å². The maximum absolute atomic E-state index is 12.5. The summed E-state index contributed by atoms with van der Waals surface area (Å²) in [5, 5.41) is 6.44. The van der Waals surface area contributed by atoms with Gasteiger partial charge in [0.1, 0.15) is 5.69 Å². The first-order valence-corrected chi connectivity index (χ1v) is 7.86. The Morgan fingerprint density at radius 2 is 1.71 bits per heavy atom. The molecule has 4 aromatic rings. The van der Waals surface area contributed by atoms with E-state index in [2.05, 4.69) is 10.3 Å². The molecule has 24 heavy (non-hydrogen) atoms. The molecule has 0 unspecified atom stereocenters. The standard InChI is InChI=1S/C19H14ClN3O/c20-14-5-6-16-13(7-14)10-18(22-16)19(24)23-17-9-12-4-2-1-3-11(12)8-15(17)21/h1-10,22H,21H2,(H,23,24). The second-order valence-electron chi connectivity index (χ2n) is 5.66. The van der Waals surface area contributed by atoms with Gasteiger partial charge < -0.3 is 16.0 Å². The van der Waals surface area contributed by atoms with Gasteiger partial charge in [-0.2, -0.15) is 0 Å². The van der Waals surface area contributed by atoms with Crippen LogP contribution in [0.15, 0.2) is 60.7 Å². The first-order valence-electron chi connectivity index (χ1n) is 7.48. The highest BCUT2D eigenvalue weighted by Crippen LogP contribution is 2.27. The van der Waals surface area contributed by atoms with Crippen molar-refractivity contribution in [1.29, 1.82) is 0 Å². The fourth-order valence-electron chi connectivity index (χ4n) is 2.78. The van der Waals surface area contributed by atoms with Crippen molar-refractivity contribution < 1.29 is 4.79 Å². The van der Waals surface area contributed by atoms with E-state index in [1.807, 2.05) is 48.5 Å². The summed E-state index contributed by atoms with van der Waals surface area (Å²) >= 11 is 5.98. The maximum Gasteiger partial charge on any atom is 0.272 e. The normalized spacial score (nSPS) is 11.0. The zero-order valence-electron chi connectivity index (χ0n) is 12.6. The molecule has 4 N–H and O–H groups in total. The number of aromatic amines is 1. The lowest BCUT2D eigenvalue weighted by molar-refractivity contribution is 0.102. The Bertz CT molecular complexity index is 1080. The molecule has 1 heterocycles. The minimum Gasteiger partial charge on any atom is -0.397 e. The molecule has 0 aliphatic heterocycles. The molecular formula is C19H14ClN3O. The number of anilines is 2. The maximum atomic E-state index is 12.5. The van der Waals surface area contributed by atoms with E-state index < -0.39 is 0 Å². The van der Waals surface area contributed by atoms with Crippen LogP contribution in [-0.2, 0) is 0 Å². The van der Waals surface area contributed by atoms with Crippen LogP contribution in [0, 0.1) is 0 Å². The quantitative estimate of drug-likeness (QED) is 0.460. The zero-order valence-corrected chi connectivity index (χ0v) is 13.4. The summed E-state index contributed by atoms with van der Waals surface area (Å²) in [5.41, 5.74) is 8.50. The van der Waals surface area contributed by atoms with Gasteiger partial charge in [0.2, 0.25) is 0 Å². The number of hydrogen-bond acceptors (Lipinski definition) is 2. The molecule has 4 nitrogen and oxygen atoms in total. The molecule has 1 aromatic heterocycles. The summed E-state index contributed by atoms with van der Waals surface area (Å²) in [7, 11) is 0. The van der Waals surface area contributed by atoms with E-state index in [4.69, 9.17) is 17.3 Å². The molecule has 0 aliphatic rings. The second-order valence-corrected chi connectivity index (χ2v) is 6.09. The molecule has 1 amide bonds. The van der Waals surface area contributed by atoms with E-state index in [0.29, 0.717) is 22.1 Å². The molecule has 118 valence electrons. The SMILES string of the molecule is Nc1cc2ccccc2cc1NC(=O)c1cc2cc(Cl)ccc2[nH]1. The fraction of sp³-hybridized carbons (Fsp3) is 0. The Balaban J connectivity index is 1.68. The minimum atomic E-state index is -0.246. The van der Waals surface area contributed by atoms with Crippen LogP contribution in [0.25, 0.3) is 21.7 Å². The van der Waals surface area contributed by atoms with Gasteiger partial charge in [0.05, 0.1) is 11.4 Å². The number of hydrogen-bond donors (Lipinski definition) is 3. The fourth-order valence-corrected chi connectivity index (χ4v) is 2.96. The molecule has 3 aromatic carbocycles. The van der Waals surface area contributed by atoms with Crippen molar-refractivity contribution in [3.63, 3.8) is 0 Å². The number of halogens is 1. The number of fused-ring (bicyclic) bond motifs is 2. The van der Waals surface area contributed by atoms with E-state index >= 15 is 0 Å². The van der Waals surface area contributed by atoms with Crippen molar-refractivity contribution in [2.45, 2.75) is 0 Å². The predicted molar refractivity (Wildman–Crippen MR) is 99.6 cm³/mol. The van der Waals surface area contributed by atoms with E-state index in [1.165, 1.54) is 0 Å². The van der Waals surface area contributed by atoms with Crippen LogP contribution in [0.1, 0.15) is 10.5 Å². The third-order valence-corrected chi connectivity index (χ3v) is 4.23. The highest BCUT2D eigenvalue weighted by molar-refractivity contribution is 6.31. The summed E-state index contributed by atoms with van der Waals surface area (Å²) in [6, 6.07) is 18.8. The van der Waals surface area contributed by atoms with Crippen LogP contribution in [0.2, 0.25) is 5.02 Å². The van der Waals surface area contributed by atoms with Crippen LogP contribution in [0.4, 0.5) is 11.4 Å². The van der Waals surface area contributed by atoms with Gasteiger partial charge in [0, 0.05) is 15.9 Å². The number of carbonyl (C=O) groups excluding carboxylic acids is 1. The molecule has 0 fully saturated rings. The number of rotatable bonds is 2. The number of amides is 1. The lowest BCUT2D eigenvalue weighted by atomic mass is 10.1. The van der Waals surface area contributed by atoms with Gasteiger partial charge in [-0.15, -0.1) is 0 Å². The number of benzene rings is 3. The Kier molecular flexibility index (Phi) is 3.40. The molecular weight excluding hydrogens is 322 g/mol. The van der Waals surface area contributed by atoms with Gasteiger partial charge in [-0.25, -0.2) is 0 Å². The highest BCUT2D eigenvalue weighted by Gasteiger charge is 2.12. The Morgan fingerprint density at radius 1 is 0.958 bits per heavy atom. The topological polar surface area (TPSA) is 70.9 Å². The van der Waals surface area contributed by atoms with Crippen molar-refractivity contribution in [3.8, 4) is 0 Å². The largest absolute Gasteiger partial charge is 0.397 e. The number of nitrogens with one attached hydrogen (secondary N) is 2. The van der Waals surface area contributed by atoms with Gasteiger partial charge in [-0.1, -0.05) is 35.9 Å². The minimum absolute atomic E-state index is 0.246. The summed E-state index contributed by atoms with van der Waals surface area (Å²) < 4.78 is 0. The molecule has 0 saturated carbocycles. The smallest absolute Gasteiger partial charge is 0.272 e. The van der Waals surface area contributed by atoms with Gasteiger partial charge >= 0.3 is 0 Å². The first kappa shape index (κ1) is 14.6. The van der Waals surface area contributed by atoms with Gasteiger partial charge in [-0.05, 0) is 47.2 Å². The Hall–Kier alpha value is -2.98. The molecule has 0 atom stereocenters. The summed E-state index contributed by atoms with van der Waals surface area (Å²) in [6.45, 7) is 0. The molecule has 0 radical (unpaired) electrons. The number of nitrogen functional groups attached to an aromatic ring is 1. The van der Waals surface area contributed by atoms with Gasteiger partial charge in [-0.3, -0.25) is 4.79 Å². The molecule has 0 bridgehead atoms. The van der Waals surface area contributed by atoms with Crippen molar-refractivity contribution in [2.24, 2.45) is 0 Å². The highest BCUT2D eigenvalue weighted by atomic mass is 35.5. The van der Waals surface area contributed by atoms with Crippen molar-refractivity contribution >= 4 is 50.6 Å². The van der Waals surface area contributed by atoms with Crippen molar-refractivity contribution in [2.75, 3.05) is 11.1 Å². The third-order valence-electron chi connectivity index (χ3n) is 3.99. The average Bonchev–Trinajstić information content (AvgIpc) is 2.98. The monoisotopic (exact) mass is 335 g/mol. The Morgan fingerprint density at radius 3 is 2.50 bits per heavy atom. The van der Waals surface area contributed by atoms with Crippen LogP contribution >= 0.6 is 11.6 Å².